The maximum absolute atomic E-state index is 12.8. The van der Waals surface area contributed by atoms with Crippen molar-refractivity contribution in [2.24, 2.45) is 0 Å². The zero-order valence-electron chi connectivity index (χ0n) is 13.8. The van der Waals surface area contributed by atoms with E-state index in [1.54, 1.807) is 12.1 Å². The van der Waals surface area contributed by atoms with Gasteiger partial charge in [-0.15, -0.1) is 0 Å². The molecule has 0 radical (unpaired) electrons. The summed E-state index contributed by atoms with van der Waals surface area (Å²) < 4.78 is 28.0. The molecule has 0 amide bonds. The van der Waals surface area contributed by atoms with Gasteiger partial charge in [-0.1, -0.05) is 35.9 Å². The van der Waals surface area contributed by atoms with Crippen LogP contribution in [0.2, 0.25) is 0 Å². The second kappa shape index (κ2) is 5.78. The van der Waals surface area contributed by atoms with Gasteiger partial charge in [0.25, 0.3) is 0 Å². The fraction of sp³-hybridized carbons (Fsp3) is 0.300. The Balaban J connectivity index is 1.70. The molecule has 1 unspecified atom stereocenters. The van der Waals surface area contributed by atoms with Gasteiger partial charge in [-0.3, -0.25) is 0 Å². The Kier molecular flexibility index (Phi) is 3.72. The van der Waals surface area contributed by atoms with Crippen LogP contribution in [0.25, 0.3) is 10.9 Å². The number of rotatable bonds is 3. The maximum Gasteiger partial charge on any atom is 0.179 e. The van der Waals surface area contributed by atoms with Crippen molar-refractivity contribution < 1.29 is 8.42 Å². The molecule has 0 saturated carbocycles. The minimum absolute atomic E-state index is 0.0671. The van der Waals surface area contributed by atoms with Crippen LogP contribution < -0.4 is 0 Å². The van der Waals surface area contributed by atoms with E-state index in [2.05, 4.69) is 22.8 Å². The SMILES string of the molecule is Cc1ccc(S(=O)(=O)CC2CCCn3c2cc2ccccc23)cc1. The molecule has 2 aromatic carbocycles. The Morgan fingerprint density at radius 2 is 1.83 bits per heavy atom. The molecule has 4 rings (SSSR count). The predicted molar refractivity (Wildman–Crippen MR) is 97.1 cm³/mol. The van der Waals surface area contributed by atoms with E-state index in [1.807, 2.05) is 31.2 Å². The zero-order valence-corrected chi connectivity index (χ0v) is 14.6. The summed E-state index contributed by atoms with van der Waals surface area (Å²) in [5.41, 5.74) is 3.45. The number of aromatic nitrogens is 1. The summed E-state index contributed by atoms with van der Waals surface area (Å²) in [7, 11) is -3.27. The first-order valence-corrected chi connectivity index (χ1v) is 10.1. The lowest BCUT2D eigenvalue weighted by atomic mass is 9.98. The number of aryl methyl sites for hydroxylation is 2. The van der Waals surface area contributed by atoms with Gasteiger partial charge < -0.3 is 4.57 Å². The molecule has 1 aliphatic heterocycles. The summed E-state index contributed by atoms with van der Waals surface area (Å²) in [5.74, 6) is 0.254. The second-order valence-corrected chi connectivity index (χ2v) is 8.75. The number of fused-ring (bicyclic) bond motifs is 3. The molecule has 0 saturated heterocycles. The van der Waals surface area contributed by atoms with Gasteiger partial charge in [-0.2, -0.15) is 0 Å². The quantitative estimate of drug-likeness (QED) is 0.713. The minimum Gasteiger partial charge on any atom is -0.344 e. The molecule has 0 N–H and O–H groups in total. The lowest BCUT2D eigenvalue weighted by Gasteiger charge is -2.25. The van der Waals surface area contributed by atoms with E-state index in [1.165, 1.54) is 10.9 Å². The number of sulfone groups is 1. The molecule has 124 valence electrons. The minimum atomic E-state index is -3.27. The van der Waals surface area contributed by atoms with Crippen LogP contribution in [0.1, 0.15) is 30.0 Å². The summed E-state index contributed by atoms with van der Waals surface area (Å²) in [6.45, 7) is 2.94. The second-order valence-electron chi connectivity index (χ2n) is 6.71. The smallest absolute Gasteiger partial charge is 0.179 e. The molecule has 0 bridgehead atoms. The molecular formula is C20H21NO2S. The molecule has 0 aliphatic carbocycles. The molecule has 0 fully saturated rings. The largest absolute Gasteiger partial charge is 0.344 e. The van der Waals surface area contributed by atoms with Gasteiger partial charge in [0.1, 0.15) is 0 Å². The van der Waals surface area contributed by atoms with Crippen LogP contribution in [-0.4, -0.2) is 18.7 Å². The van der Waals surface area contributed by atoms with Crippen LogP contribution in [-0.2, 0) is 16.4 Å². The summed E-state index contributed by atoms with van der Waals surface area (Å²) in [6, 6.07) is 17.7. The Hall–Kier alpha value is -2.07. The monoisotopic (exact) mass is 339 g/mol. The van der Waals surface area contributed by atoms with Crippen LogP contribution in [0.15, 0.2) is 59.5 Å². The van der Waals surface area contributed by atoms with E-state index in [0.717, 1.165) is 30.6 Å². The molecular weight excluding hydrogens is 318 g/mol. The van der Waals surface area contributed by atoms with Crippen molar-refractivity contribution in [1.82, 2.24) is 4.57 Å². The van der Waals surface area contributed by atoms with Gasteiger partial charge in [0, 0.05) is 23.7 Å². The average Bonchev–Trinajstić information content (AvgIpc) is 2.95. The standard InChI is InChI=1S/C20H21NO2S/c1-15-8-10-18(11-9-15)24(22,23)14-17-6-4-12-21-19-7-3-2-5-16(19)13-20(17)21/h2-3,5,7-11,13,17H,4,6,12,14H2,1H3. The highest BCUT2D eigenvalue weighted by atomic mass is 32.2. The van der Waals surface area contributed by atoms with Crippen LogP contribution in [0, 0.1) is 6.92 Å². The number of nitrogens with zero attached hydrogens (tertiary/aromatic N) is 1. The van der Waals surface area contributed by atoms with Crippen molar-refractivity contribution in [3.8, 4) is 0 Å². The number of para-hydroxylation sites is 1. The molecule has 2 heterocycles. The zero-order chi connectivity index (χ0) is 16.7. The molecule has 1 aliphatic rings. The molecule has 1 aromatic heterocycles. The van der Waals surface area contributed by atoms with E-state index in [4.69, 9.17) is 0 Å². The van der Waals surface area contributed by atoms with Crippen LogP contribution in [0.5, 0.6) is 0 Å². The Labute approximate surface area is 142 Å². The highest BCUT2D eigenvalue weighted by Crippen LogP contribution is 2.34. The first-order chi connectivity index (χ1) is 11.5. The Morgan fingerprint density at radius 1 is 1.08 bits per heavy atom. The van der Waals surface area contributed by atoms with Crippen molar-refractivity contribution in [2.45, 2.75) is 37.1 Å². The van der Waals surface area contributed by atoms with E-state index in [-0.39, 0.29) is 11.7 Å². The topological polar surface area (TPSA) is 39.1 Å². The number of hydrogen-bond acceptors (Lipinski definition) is 2. The predicted octanol–water partition coefficient (Wildman–Crippen LogP) is 4.30. The Bertz CT molecular complexity index is 984. The third-order valence-electron chi connectivity index (χ3n) is 5.00. The molecule has 1 atom stereocenters. The maximum atomic E-state index is 12.8. The fourth-order valence-corrected chi connectivity index (χ4v) is 5.35. The third-order valence-corrected chi connectivity index (χ3v) is 6.83. The summed E-state index contributed by atoms with van der Waals surface area (Å²) >= 11 is 0. The summed E-state index contributed by atoms with van der Waals surface area (Å²) in [4.78, 5) is 0.432. The van der Waals surface area contributed by atoms with Crippen molar-refractivity contribution in [3.63, 3.8) is 0 Å². The Morgan fingerprint density at radius 3 is 2.62 bits per heavy atom. The first-order valence-electron chi connectivity index (χ1n) is 8.42. The number of hydrogen-bond donors (Lipinski definition) is 0. The van der Waals surface area contributed by atoms with Crippen LogP contribution in [0.4, 0.5) is 0 Å². The van der Waals surface area contributed by atoms with E-state index in [0.29, 0.717) is 4.90 Å². The molecule has 3 aromatic rings. The lowest BCUT2D eigenvalue weighted by Crippen LogP contribution is -2.22. The van der Waals surface area contributed by atoms with E-state index >= 15 is 0 Å². The molecule has 0 spiro atoms. The third kappa shape index (κ3) is 2.65. The molecule has 4 heteroatoms. The first kappa shape index (κ1) is 15.5. The number of benzene rings is 2. The van der Waals surface area contributed by atoms with Crippen molar-refractivity contribution in [2.75, 3.05) is 5.75 Å². The average molecular weight is 339 g/mol. The highest BCUT2D eigenvalue weighted by molar-refractivity contribution is 7.91. The van der Waals surface area contributed by atoms with Crippen LogP contribution >= 0.6 is 0 Å². The van der Waals surface area contributed by atoms with Gasteiger partial charge in [-0.05, 0) is 49.4 Å². The van der Waals surface area contributed by atoms with Crippen molar-refractivity contribution in [3.05, 3.63) is 65.9 Å². The highest BCUT2D eigenvalue weighted by Gasteiger charge is 2.28. The normalized spacial score (nSPS) is 17.8. The van der Waals surface area contributed by atoms with Gasteiger partial charge in [0.15, 0.2) is 9.84 Å². The van der Waals surface area contributed by atoms with Gasteiger partial charge in [-0.25, -0.2) is 8.42 Å². The summed E-state index contributed by atoms with van der Waals surface area (Å²) in [6.07, 6.45) is 1.96. The fourth-order valence-electron chi connectivity index (χ4n) is 3.74. The van der Waals surface area contributed by atoms with E-state index in [9.17, 15) is 8.42 Å². The molecule has 3 nitrogen and oxygen atoms in total. The van der Waals surface area contributed by atoms with Gasteiger partial charge in [0.2, 0.25) is 0 Å². The van der Waals surface area contributed by atoms with Crippen LogP contribution in [0.3, 0.4) is 0 Å². The van der Waals surface area contributed by atoms with Gasteiger partial charge in [0.05, 0.1) is 10.6 Å². The summed E-state index contributed by atoms with van der Waals surface area (Å²) in [5, 5.41) is 1.20. The van der Waals surface area contributed by atoms with Gasteiger partial charge >= 0.3 is 0 Å². The van der Waals surface area contributed by atoms with E-state index < -0.39 is 9.84 Å². The van der Waals surface area contributed by atoms with Crippen molar-refractivity contribution >= 4 is 20.7 Å². The van der Waals surface area contributed by atoms with Crippen molar-refractivity contribution in [1.29, 1.82) is 0 Å². The molecule has 24 heavy (non-hydrogen) atoms. The lowest BCUT2D eigenvalue weighted by molar-refractivity contribution is 0.480.